The lowest BCUT2D eigenvalue weighted by Gasteiger charge is -2.15. The predicted molar refractivity (Wildman–Crippen MR) is 124 cm³/mol. The Morgan fingerprint density at radius 2 is 1.87 bits per heavy atom. The summed E-state index contributed by atoms with van der Waals surface area (Å²) >= 11 is 0. The molecule has 0 radical (unpaired) electrons. The number of aryl methyl sites for hydroxylation is 1. The number of hydrogen-bond donors (Lipinski definition) is 3. The van der Waals surface area contributed by atoms with Crippen molar-refractivity contribution >= 4 is 5.96 Å². The minimum Gasteiger partial charge on any atom is -0.491 e. The van der Waals surface area contributed by atoms with Gasteiger partial charge in [-0.3, -0.25) is 4.99 Å². The molecule has 1 aromatic heterocycles. The molecule has 0 fully saturated rings. The predicted octanol–water partition coefficient (Wildman–Crippen LogP) is 3.67. The number of H-pyrrole nitrogens is 1. The smallest absolute Gasteiger partial charge is 0.191 e. The van der Waals surface area contributed by atoms with Crippen molar-refractivity contribution in [1.29, 1.82) is 0 Å². The van der Waals surface area contributed by atoms with Gasteiger partial charge in [-0.2, -0.15) is 0 Å². The molecule has 0 unspecified atom stereocenters. The van der Waals surface area contributed by atoms with Crippen LogP contribution in [0.4, 0.5) is 0 Å². The van der Waals surface area contributed by atoms with Gasteiger partial charge in [-0.25, -0.2) is 4.98 Å². The number of aliphatic imine (C=N–C) groups is 1. The first-order valence-corrected chi connectivity index (χ1v) is 10.5. The molecule has 3 rings (SSSR count). The molecule has 0 spiro atoms. The zero-order valence-corrected chi connectivity index (χ0v) is 18.4. The van der Waals surface area contributed by atoms with Crippen molar-refractivity contribution in [2.24, 2.45) is 4.99 Å². The van der Waals surface area contributed by atoms with E-state index in [4.69, 9.17) is 9.47 Å². The van der Waals surface area contributed by atoms with E-state index >= 15 is 0 Å². The minimum absolute atomic E-state index is 0.527. The molecule has 1 heterocycles. The molecule has 3 aromatic rings. The van der Waals surface area contributed by atoms with E-state index in [9.17, 15) is 0 Å². The summed E-state index contributed by atoms with van der Waals surface area (Å²) in [6.07, 6.45) is 1.85. The number of benzene rings is 2. The average Bonchev–Trinajstić information content (AvgIpc) is 3.27. The molecule has 2 aromatic carbocycles. The summed E-state index contributed by atoms with van der Waals surface area (Å²) in [6.45, 7) is 6.96. The van der Waals surface area contributed by atoms with Gasteiger partial charge >= 0.3 is 0 Å². The average molecular weight is 422 g/mol. The van der Waals surface area contributed by atoms with Crippen LogP contribution < -0.4 is 15.4 Å². The molecule has 31 heavy (non-hydrogen) atoms. The highest BCUT2D eigenvalue weighted by molar-refractivity contribution is 5.79. The fourth-order valence-electron chi connectivity index (χ4n) is 3.08. The van der Waals surface area contributed by atoms with Crippen LogP contribution in [-0.2, 0) is 17.8 Å². The van der Waals surface area contributed by atoms with E-state index in [-0.39, 0.29) is 0 Å². The highest BCUT2D eigenvalue weighted by Gasteiger charge is 2.07. The fraction of sp³-hybridized carbons (Fsp3) is 0.333. The van der Waals surface area contributed by atoms with Crippen molar-refractivity contribution in [1.82, 2.24) is 20.6 Å². The number of nitrogens with zero attached hydrogens (tertiary/aromatic N) is 2. The van der Waals surface area contributed by atoms with E-state index in [1.165, 1.54) is 0 Å². The van der Waals surface area contributed by atoms with Crippen LogP contribution in [0.25, 0.3) is 11.3 Å². The lowest BCUT2D eigenvalue weighted by molar-refractivity contribution is 0.110. The number of hydrogen-bond acceptors (Lipinski definition) is 4. The Hall–Kier alpha value is -3.32. The Bertz CT molecular complexity index is 969. The number of imidazole rings is 1. The van der Waals surface area contributed by atoms with E-state index in [1.807, 2.05) is 37.4 Å². The topological polar surface area (TPSA) is 83.6 Å². The second kappa shape index (κ2) is 11.8. The molecule has 0 amide bonds. The van der Waals surface area contributed by atoms with Crippen molar-refractivity contribution < 1.29 is 9.47 Å². The van der Waals surface area contributed by atoms with Crippen molar-refractivity contribution in [3.8, 4) is 17.0 Å². The molecular formula is C24H31N5O2. The maximum atomic E-state index is 5.92. The van der Waals surface area contributed by atoms with Crippen LogP contribution in [0.3, 0.4) is 0 Å². The number of guanidine groups is 1. The number of aromatic amines is 1. The lowest BCUT2D eigenvalue weighted by atomic mass is 10.1. The van der Waals surface area contributed by atoms with Crippen LogP contribution in [0.2, 0.25) is 0 Å². The zero-order chi connectivity index (χ0) is 21.9. The molecule has 0 bridgehead atoms. The van der Waals surface area contributed by atoms with Crippen molar-refractivity contribution in [3.63, 3.8) is 0 Å². The van der Waals surface area contributed by atoms with Gasteiger partial charge in [0.15, 0.2) is 5.96 Å². The minimum atomic E-state index is 0.527. The monoisotopic (exact) mass is 421 g/mol. The number of nitrogens with one attached hydrogen (secondary N) is 3. The zero-order valence-electron chi connectivity index (χ0n) is 18.4. The van der Waals surface area contributed by atoms with E-state index in [2.05, 4.69) is 56.8 Å². The Morgan fingerprint density at radius 1 is 1.06 bits per heavy atom. The van der Waals surface area contributed by atoms with Crippen LogP contribution in [0, 0.1) is 6.92 Å². The molecule has 0 aliphatic heterocycles. The summed E-state index contributed by atoms with van der Waals surface area (Å²) in [4.78, 5) is 12.1. The van der Waals surface area contributed by atoms with Gasteiger partial charge in [-0.15, -0.1) is 0 Å². The molecule has 0 saturated carbocycles. The Balaban J connectivity index is 1.53. The molecule has 0 saturated heterocycles. The first kappa shape index (κ1) is 22.4. The first-order valence-electron chi connectivity index (χ1n) is 10.5. The van der Waals surface area contributed by atoms with E-state index < -0.39 is 0 Å². The van der Waals surface area contributed by atoms with Crippen LogP contribution in [0.15, 0.2) is 59.7 Å². The molecule has 164 valence electrons. The Morgan fingerprint density at radius 3 is 2.65 bits per heavy atom. The van der Waals surface area contributed by atoms with Gasteiger partial charge in [0.05, 0.1) is 25.0 Å². The maximum absolute atomic E-state index is 5.92. The summed E-state index contributed by atoms with van der Waals surface area (Å²) in [7, 11) is 1.75. The van der Waals surface area contributed by atoms with Gasteiger partial charge in [0, 0.05) is 25.8 Å². The molecule has 3 N–H and O–H groups in total. The van der Waals surface area contributed by atoms with E-state index in [0.717, 1.165) is 34.0 Å². The molecule has 0 aliphatic rings. The van der Waals surface area contributed by atoms with Gasteiger partial charge in [0.25, 0.3) is 0 Å². The summed E-state index contributed by atoms with van der Waals surface area (Å²) in [5, 5.41) is 6.64. The first-order chi connectivity index (χ1) is 15.2. The van der Waals surface area contributed by atoms with E-state index in [0.29, 0.717) is 38.9 Å². The lowest BCUT2D eigenvalue weighted by Crippen LogP contribution is -2.36. The third-order valence-electron chi connectivity index (χ3n) is 4.72. The largest absolute Gasteiger partial charge is 0.491 e. The Kier molecular flexibility index (Phi) is 8.48. The van der Waals surface area contributed by atoms with Gasteiger partial charge in [-0.1, -0.05) is 42.5 Å². The number of ether oxygens (including phenoxy) is 2. The van der Waals surface area contributed by atoms with Gasteiger partial charge < -0.3 is 25.1 Å². The third-order valence-corrected chi connectivity index (χ3v) is 4.72. The SMILES string of the molecule is CCOCCOc1cc(C)ccc1CNC(=NC)NCc1ncc(-c2ccccc2)[nH]1. The molecule has 7 nitrogen and oxygen atoms in total. The molecular weight excluding hydrogens is 390 g/mol. The van der Waals surface area contributed by atoms with Crippen LogP contribution >= 0.6 is 0 Å². The number of rotatable bonds is 10. The normalized spacial score (nSPS) is 11.4. The Labute approximate surface area is 183 Å². The molecule has 0 atom stereocenters. The van der Waals surface area contributed by atoms with E-state index in [1.54, 1.807) is 7.05 Å². The van der Waals surface area contributed by atoms with Crippen molar-refractivity contribution in [2.75, 3.05) is 26.9 Å². The van der Waals surface area contributed by atoms with Crippen molar-refractivity contribution in [2.45, 2.75) is 26.9 Å². The fourth-order valence-corrected chi connectivity index (χ4v) is 3.08. The summed E-state index contributed by atoms with van der Waals surface area (Å²) in [5.41, 5.74) is 4.33. The van der Waals surface area contributed by atoms with Gasteiger partial charge in [0.2, 0.25) is 0 Å². The number of aromatic nitrogens is 2. The standard InChI is InChI=1S/C24H31N5O2/c1-4-30-12-13-31-22-14-18(2)10-11-20(22)15-27-24(25-3)28-17-23-26-16-21(29-23)19-8-6-5-7-9-19/h5-11,14,16H,4,12-13,15,17H2,1-3H3,(H,26,29)(H2,25,27,28). The summed E-state index contributed by atoms with van der Waals surface area (Å²) in [5.74, 6) is 2.40. The van der Waals surface area contributed by atoms with Gasteiger partial charge in [0.1, 0.15) is 18.2 Å². The van der Waals surface area contributed by atoms with Crippen molar-refractivity contribution in [3.05, 3.63) is 71.7 Å². The van der Waals surface area contributed by atoms with Crippen LogP contribution in [-0.4, -0.2) is 42.8 Å². The quantitative estimate of drug-likeness (QED) is 0.264. The maximum Gasteiger partial charge on any atom is 0.191 e. The highest BCUT2D eigenvalue weighted by atomic mass is 16.5. The second-order valence-electron chi connectivity index (χ2n) is 7.05. The summed E-state index contributed by atoms with van der Waals surface area (Å²) in [6, 6.07) is 16.3. The van der Waals surface area contributed by atoms with Crippen LogP contribution in [0.5, 0.6) is 5.75 Å². The summed E-state index contributed by atoms with van der Waals surface area (Å²) < 4.78 is 11.3. The van der Waals surface area contributed by atoms with Crippen LogP contribution in [0.1, 0.15) is 23.9 Å². The molecule has 0 aliphatic carbocycles. The second-order valence-corrected chi connectivity index (χ2v) is 7.05. The third kappa shape index (κ3) is 6.86. The highest BCUT2D eigenvalue weighted by Crippen LogP contribution is 2.20. The van der Waals surface area contributed by atoms with Gasteiger partial charge in [-0.05, 0) is 31.0 Å². The molecule has 7 heteroatoms.